The fourth-order valence-corrected chi connectivity index (χ4v) is 2.20. The molecule has 0 spiro atoms. The Labute approximate surface area is 134 Å². The Kier molecular flexibility index (Phi) is 4.81. The van der Waals surface area contributed by atoms with Gasteiger partial charge in [-0.2, -0.15) is 8.42 Å². The third-order valence-corrected chi connectivity index (χ3v) is 2.89. The van der Waals surface area contributed by atoms with E-state index in [9.17, 15) is 8.42 Å². The lowest BCUT2D eigenvalue weighted by Gasteiger charge is -2.08. The number of hydrogen-bond donors (Lipinski definition) is 2. The largest absolute Gasteiger partial charge is 0.382 e. The van der Waals surface area contributed by atoms with Crippen molar-refractivity contribution in [1.29, 1.82) is 0 Å². The van der Waals surface area contributed by atoms with E-state index in [-0.39, 0.29) is 0 Å². The molecular weight excluding hydrogens is 318 g/mol. The van der Waals surface area contributed by atoms with Crippen molar-refractivity contribution in [3.05, 3.63) is 24.7 Å². The summed E-state index contributed by atoms with van der Waals surface area (Å²) in [5.74, 6) is 1.00. The van der Waals surface area contributed by atoms with Crippen molar-refractivity contribution in [3.8, 4) is 0 Å². The molecule has 0 aliphatic rings. The Balaban J connectivity index is 0.000000338. The number of aromatic nitrogens is 4. The molecular formula is C14H19N5O3S. The molecule has 0 radical (unpaired) electrons. The van der Waals surface area contributed by atoms with Crippen molar-refractivity contribution in [1.82, 2.24) is 19.5 Å². The summed E-state index contributed by atoms with van der Waals surface area (Å²) in [4.78, 5) is 13.1. The first-order chi connectivity index (χ1) is 10.7. The maximum atomic E-state index is 9.19. The highest BCUT2D eigenvalue weighted by molar-refractivity contribution is 7.85. The zero-order valence-corrected chi connectivity index (χ0v) is 13.9. The molecule has 124 valence electrons. The van der Waals surface area contributed by atoms with Gasteiger partial charge in [0.2, 0.25) is 0 Å². The molecule has 3 N–H and O–H groups in total. The van der Waals surface area contributed by atoms with Gasteiger partial charge in [-0.3, -0.25) is 9.54 Å². The fourth-order valence-electron chi connectivity index (χ4n) is 2.20. The van der Waals surface area contributed by atoms with Gasteiger partial charge in [-0.1, -0.05) is 13.8 Å². The van der Waals surface area contributed by atoms with Crippen LogP contribution < -0.4 is 5.73 Å². The summed E-state index contributed by atoms with van der Waals surface area (Å²) in [7, 11) is -3.67. The molecule has 0 aromatic carbocycles. The molecule has 3 heterocycles. The van der Waals surface area contributed by atoms with E-state index in [1.807, 2.05) is 18.5 Å². The lowest BCUT2D eigenvalue weighted by molar-refractivity contribution is 0.490. The molecule has 0 aliphatic heterocycles. The molecule has 8 nitrogen and oxygen atoms in total. The van der Waals surface area contributed by atoms with Crippen LogP contribution in [0.3, 0.4) is 0 Å². The smallest absolute Gasteiger partial charge is 0.261 e. The second-order valence-corrected chi connectivity index (χ2v) is 7.06. The van der Waals surface area contributed by atoms with Gasteiger partial charge >= 0.3 is 0 Å². The molecule has 0 fully saturated rings. The van der Waals surface area contributed by atoms with Crippen LogP contribution >= 0.6 is 0 Å². The summed E-state index contributed by atoms with van der Waals surface area (Å²) in [6.07, 6.45) is 4.30. The van der Waals surface area contributed by atoms with E-state index < -0.39 is 10.1 Å². The molecule has 0 saturated carbocycles. The molecule has 0 amide bonds. The molecule has 0 saturated heterocycles. The first-order valence-corrected chi connectivity index (χ1v) is 8.79. The number of fused-ring (bicyclic) bond motifs is 3. The van der Waals surface area contributed by atoms with E-state index in [4.69, 9.17) is 10.3 Å². The normalized spacial score (nSPS) is 11.7. The molecule has 0 atom stereocenters. The van der Waals surface area contributed by atoms with Crippen molar-refractivity contribution in [2.75, 3.05) is 12.0 Å². The van der Waals surface area contributed by atoms with E-state index in [0.717, 1.165) is 28.6 Å². The standard InChI is InChI=1S/C13H15N5.CH4O3S/c1-8(2)6-18-7-16-11-12(18)10-9(17-13(11)14)4-3-5-15-10;1-5(2,3)4/h3-5,7-8H,6H2,1-2H3,(H2,14,17);1H3,(H,2,3,4). The second-order valence-electron chi connectivity index (χ2n) is 5.59. The van der Waals surface area contributed by atoms with Gasteiger partial charge < -0.3 is 10.3 Å². The summed E-state index contributed by atoms with van der Waals surface area (Å²) in [6.45, 7) is 5.24. The SMILES string of the molecule is CC(C)Cn1cnc2c(N)nc3cccnc3c21.CS(=O)(=O)O. The van der Waals surface area contributed by atoms with Crippen LogP contribution in [-0.4, -0.2) is 38.7 Å². The summed E-state index contributed by atoms with van der Waals surface area (Å²) < 4.78 is 28.0. The Morgan fingerprint density at radius 1 is 1.30 bits per heavy atom. The Hall–Kier alpha value is -2.26. The van der Waals surface area contributed by atoms with E-state index >= 15 is 0 Å². The number of nitrogen functional groups attached to an aromatic ring is 1. The summed E-state index contributed by atoms with van der Waals surface area (Å²) in [5, 5.41) is 0. The average molecular weight is 337 g/mol. The van der Waals surface area contributed by atoms with E-state index in [2.05, 4.69) is 33.4 Å². The molecule has 0 bridgehead atoms. The molecule has 3 aromatic heterocycles. The number of nitrogens with two attached hydrogens (primary N) is 1. The zero-order valence-electron chi connectivity index (χ0n) is 13.1. The molecule has 0 aliphatic carbocycles. The predicted octanol–water partition coefficient (Wildman–Crippen LogP) is 1.72. The fraction of sp³-hybridized carbons (Fsp3) is 0.357. The van der Waals surface area contributed by atoms with Gasteiger partial charge in [0.05, 0.1) is 18.1 Å². The minimum Gasteiger partial charge on any atom is -0.382 e. The van der Waals surface area contributed by atoms with Crippen LogP contribution in [0, 0.1) is 5.92 Å². The highest BCUT2D eigenvalue weighted by Gasteiger charge is 2.13. The summed E-state index contributed by atoms with van der Waals surface area (Å²) in [5.41, 5.74) is 9.34. The number of imidazole rings is 1. The maximum absolute atomic E-state index is 9.19. The topological polar surface area (TPSA) is 124 Å². The first kappa shape index (κ1) is 17.1. The quantitative estimate of drug-likeness (QED) is 0.682. The lowest BCUT2D eigenvalue weighted by Crippen LogP contribution is -2.04. The third kappa shape index (κ3) is 4.36. The van der Waals surface area contributed by atoms with Gasteiger partial charge in [0.1, 0.15) is 16.6 Å². The van der Waals surface area contributed by atoms with Crippen molar-refractivity contribution >= 4 is 38.0 Å². The number of rotatable bonds is 2. The van der Waals surface area contributed by atoms with Gasteiger partial charge in [0.15, 0.2) is 5.82 Å². The van der Waals surface area contributed by atoms with Crippen LogP contribution in [0.5, 0.6) is 0 Å². The van der Waals surface area contributed by atoms with E-state index in [0.29, 0.717) is 18.0 Å². The van der Waals surface area contributed by atoms with Crippen molar-refractivity contribution in [2.24, 2.45) is 5.92 Å². The summed E-state index contributed by atoms with van der Waals surface area (Å²) >= 11 is 0. The Bertz CT molecular complexity index is 926. The molecule has 3 rings (SSSR count). The number of nitrogens with zero attached hydrogens (tertiary/aromatic N) is 4. The monoisotopic (exact) mass is 337 g/mol. The first-order valence-electron chi connectivity index (χ1n) is 6.94. The van der Waals surface area contributed by atoms with Gasteiger partial charge in [0.25, 0.3) is 10.1 Å². The van der Waals surface area contributed by atoms with Crippen molar-refractivity contribution < 1.29 is 13.0 Å². The minimum absolute atomic E-state index is 0.466. The third-order valence-electron chi connectivity index (χ3n) is 2.89. The average Bonchev–Trinajstić information content (AvgIpc) is 2.81. The molecule has 0 unspecified atom stereocenters. The van der Waals surface area contributed by atoms with Crippen LogP contribution in [0.15, 0.2) is 24.7 Å². The molecule has 23 heavy (non-hydrogen) atoms. The summed E-state index contributed by atoms with van der Waals surface area (Å²) in [6, 6.07) is 3.79. The van der Waals surface area contributed by atoms with Crippen molar-refractivity contribution in [2.45, 2.75) is 20.4 Å². The van der Waals surface area contributed by atoms with Crippen LogP contribution in [0.2, 0.25) is 0 Å². The number of hydrogen-bond acceptors (Lipinski definition) is 6. The van der Waals surface area contributed by atoms with Crippen LogP contribution in [0.4, 0.5) is 5.82 Å². The van der Waals surface area contributed by atoms with Crippen molar-refractivity contribution in [3.63, 3.8) is 0 Å². The second kappa shape index (κ2) is 6.47. The van der Waals surface area contributed by atoms with Crippen LogP contribution in [0.1, 0.15) is 13.8 Å². The van der Waals surface area contributed by atoms with E-state index in [1.165, 1.54) is 0 Å². The number of anilines is 1. The molecule has 3 aromatic rings. The lowest BCUT2D eigenvalue weighted by atomic mass is 10.2. The highest BCUT2D eigenvalue weighted by atomic mass is 32.2. The minimum atomic E-state index is -3.67. The Morgan fingerprint density at radius 3 is 2.57 bits per heavy atom. The zero-order chi connectivity index (χ0) is 17.2. The van der Waals surface area contributed by atoms with Gasteiger partial charge in [-0.15, -0.1) is 0 Å². The molecule has 9 heteroatoms. The Morgan fingerprint density at radius 2 is 1.96 bits per heavy atom. The van der Waals surface area contributed by atoms with E-state index in [1.54, 1.807) is 6.20 Å². The van der Waals surface area contributed by atoms with Gasteiger partial charge in [0, 0.05) is 12.7 Å². The predicted molar refractivity (Wildman–Crippen MR) is 89.6 cm³/mol. The van der Waals surface area contributed by atoms with Gasteiger partial charge in [-0.05, 0) is 18.1 Å². The maximum Gasteiger partial charge on any atom is 0.261 e. The highest BCUT2D eigenvalue weighted by Crippen LogP contribution is 2.25. The van der Waals surface area contributed by atoms with Gasteiger partial charge in [-0.25, -0.2) is 9.97 Å². The number of pyridine rings is 2. The van der Waals surface area contributed by atoms with Crippen LogP contribution in [-0.2, 0) is 16.7 Å². The van der Waals surface area contributed by atoms with Crippen LogP contribution in [0.25, 0.3) is 22.1 Å².